The molecular weight excluding hydrogens is 302 g/mol. The Morgan fingerprint density at radius 3 is 2.67 bits per heavy atom. The van der Waals surface area contributed by atoms with E-state index in [2.05, 4.69) is 5.10 Å². The van der Waals surface area contributed by atoms with E-state index in [0.29, 0.717) is 12.5 Å². The third-order valence-corrected chi connectivity index (χ3v) is 4.58. The number of aromatic nitrogens is 2. The molecule has 4 rings (SSSR count). The van der Waals surface area contributed by atoms with E-state index in [9.17, 15) is 4.79 Å². The number of likely N-dealkylation sites (tertiary alicyclic amines) is 1. The van der Waals surface area contributed by atoms with Crippen molar-refractivity contribution in [3.8, 4) is 0 Å². The lowest BCUT2D eigenvalue weighted by Gasteiger charge is -2.39. The molecule has 24 heavy (non-hydrogen) atoms. The highest BCUT2D eigenvalue weighted by Crippen LogP contribution is 2.31. The first-order valence-electron chi connectivity index (χ1n) is 8.16. The van der Waals surface area contributed by atoms with Crippen LogP contribution in [0.5, 0.6) is 0 Å². The van der Waals surface area contributed by atoms with Gasteiger partial charge in [0.1, 0.15) is 5.76 Å². The molecule has 3 aromatic rings. The van der Waals surface area contributed by atoms with Gasteiger partial charge in [-0.05, 0) is 23.8 Å². The van der Waals surface area contributed by atoms with E-state index in [-0.39, 0.29) is 11.8 Å². The summed E-state index contributed by atoms with van der Waals surface area (Å²) < 4.78 is 7.50. The highest BCUT2D eigenvalue weighted by Gasteiger charge is 2.33. The number of carbonyl (C=O) groups excluding carboxylic acids is 1. The molecule has 0 saturated carbocycles. The van der Waals surface area contributed by atoms with E-state index in [1.54, 1.807) is 12.5 Å². The van der Waals surface area contributed by atoms with Crippen LogP contribution in [0, 0.1) is 0 Å². The van der Waals surface area contributed by atoms with Gasteiger partial charge in [-0.1, -0.05) is 30.3 Å². The van der Waals surface area contributed by atoms with E-state index in [0.717, 1.165) is 24.4 Å². The minimum Gasteiger partial charge on any atom is -0.469 e. The first kappa shape index (κ1) is 14.8. The van der Waals surface area contributed by atoms with Gasteiger partial charge in [-0.15, -0.1) is 0 Å². The van der Waals surface area contributed by atoms with Crippen LogP contribution >= 0.6 is 0 Å². The summed E-state index contributed by atoms with van der Waals surface area (Å²) in [6, 6.07) is 16.1. The average Bonchev–Trinajstić information content (AvgIpc) is 3.26. The second kappa shape index (κ2) is 6.35. The van der Waals surface area contributed by atoms with Gasteiger partial charge in [-0.25, -0.2) is 0 Å². The normalized spacial score (nSPS) is 15.9. The van der Waals surface area contributed by atoms with E-state index in [1.807, 2.05) is 64.3 Å². The predicted octanol–water partition coefficient (Wildman–Crippen LogP) is 3.08. The third-order valence-electron chi connectivity index (χ3n) is 4.58. The molecule has 3 heterocycles. The maximum absolute atomic E-state index is 12.7. The van der Waals surface area contributed by atoms with Crippen LogP contribution in [0.4, 0.5) is 0 Å². The van der Waals surface area contributed by atoms with Crippen molar-refractivity contribution in [2.24, 2.45) is 0 Å². The van der Waals surface area contributed by atoms with Crippen LogP contribution in [-0.2, 0) is 4.79 Å². The zero-order valence-corrected chi connectivity index (χ0v) is 13.3. The van der Waals surface area contributed by atoms with Crippen LogP contribution in [0.3, 0.4) is 0 Å². The highest BCUT2D eigenvalue weighted by molar-refractivity contribution is 5.78. The largest absolute Gasteiger partial charge is 0.469 e. The summed E-state index contributed by atoms with van der Waals surface area (Å²) in [5.74, 6) is 0.944. The Kier molecular flexibility index (Phi) is 3.91. The predicted molar refractivity (Wildman–Crippen MR) is 89.5 cm³/mol. The molecule has 1 fully saturated rings. The molecule has 1 aliphatic heterocycles. The van der Waals surface area contributed by atoms with Gasteiger partial charge in [0.25, 0.3) is 0 Å². The van der Waals surface area contributed by atoms with Crippen LogP contribution in [0.2, 0.25) is 0 Å². The Balaban J connectivity index is 1.45. The lowest BCUT2D eigenvalue weighted by Crippen LogP contribution is -2.51. The SMILES string of the molecule is O=C(C[C@@H](c1ccccc1)c1ccco1)N1CC(n2cccn2)C1. The van der Waals surface area contributed by atoms with Gasteiger partial charge in [-0.2, -0.15) is 5.10 Å². The van der Waals surface area contributed by atoms with E-state index >= 15 is 0 Å². The average molecular weight is 321 g/mol. The molecule has 1 atom stereocenters. The van der Waals surface area contributed by atoms with Crippen molar-refractivity contribution in [3.63, 3.8) is 0 Å². The van der Waals surface area contributed by atoms with Crippen molar-refractivity contribution in [3.05, 3.63) is 78.5 Å². The first-order valence-corrected chi connectivity index (χ1v) is 8.16. The Hall–Kier alpha value is -2.82. The number of hydrogen-bond acceptors (Lipinski definition) is 3. The molecule has 0 bridgehead atoms. The number of carbonyl (C=O) groups is 1. The Morgan fingerprint density at radius 2 is 2.00 bits per heavy atom. The minimum absolute atomic E-state index is 0.0440. The molecule has 5 heteroatoms. The minimum atomic E-state index is -0.0440. The molecule has 1 amide bonds. The zero-order chi connectivity index (χ0) is 16.4. The second-order valence-corrected chi connectivity index (χ2v) is 6.12. The molecule has 1 saturated heterocycles. The van der Waals surface area contributed by atoms with Crippen LogP contribution in [-0.4, -0.2) is 33.7 Å². The third kappa shape index (κ3) is 2.85. The standard InChI is InChI=1S/C19H19N3O2/c23-19(21-13-16(14-21)22-10-5-9-20-22)12-17(18-8-4-11-24-18)15-6-2-1-3-7-15/h1-11,16-17H,12-14H2/t17-/m0/s1. The summed E-state index contributed by atoms with van der Waals surface area (Å²) in [6.07, 6.45) is 5.80. The topological polar surface area (TPSA) is 51.3 Å². The number of amides is 1. The van der Waals surface area contributed by atoms with Gasteiger partial charge in [0.05, 0.1) is 18.2 Å². The maximum atomic E-state index is 12.7. The number of benzene rings is 1. The molecule has 2 aromatic heterocycles. The van der Waals surface area contributed by atoms with Crippen molar-refractivity contribution in [2.75, 3.05) is 13.1 Å². The van der Waals surface area contributed by atoms with Crippen LogP contribution in [0.25, 0.3) is 0 Å². The Labute approximate surface area is 140 Å². The smallest absolute Gasteiger partial charge is 0.223 e. The Morgan fingerprint density at radius 1 is 1.17 bits per heavy atom. The summed E-state index contributed by atoms with van der Waals surface area (Å²) in [6.45, 7) is 1.44. The molecule has 0 aliphatic carbocycles. The molecule has 1 aromatic carbocycles. The number of nitrogens with zero attached hydrogens (tertiary/aromatic N) is 3. The van der Waals surface area contributed by atoms with Crippen molar-refractivity contribution in [2.45, 2.75) is 18.4 Å². The van der Waals surface area contributed by atoms with Crippen LogP contribution < -0.4 is 0 Å². The van der Waals surface area contributed by atoms with E-state index in [4.69, 9.17) is 4.42 Å². The second-order valence-electron chi connectivity index (χ2n) is 6.12. The quantitative estimate of drug-likeness (QED) is 0.725. The summed E-state index contributed by atoms with van der Waals surface area (Å²) in [5, 5.41) is 4.24. The number of furan rings is 1. The molecular formula is C19H19N3O2. The van der Waals surface area contributed by atoms with Gasteiger partial charge in [-0.3, -0.25) is 9.48 Å². The van der Waals surface area contributed by atoms with Crippen LogP contribution in [0.15, 0.2) is 71.6 Å². The monoisotopic (exact) mass is 321 g/mol. The van der Waals surface area contributed by atoms with Crippen molar-refractivity contribution in [1.29, 1.82) is 0 Å². The van der Waals surface area contributed by atoms with Gasteiger partial charge >= 0.3 is 0 Å². The number of rotatable bonds is 5. The lowest BCUT2D eigenvalue weighted by atomic mass is 9.92. The molecule has 0 spiro atoms. The lowest BCUT2D eigenvalue weighted by molar-refractivity contribution is -0.137. The summed E-state index contributed by atoms with van der Waals surface area (Å²) in [7, 11) is 0. The summed E-state index contributed by atoms with van der Waals surface area (Å²) in [4.78, 5) is 14.6. The fourth-order valence-corrected chi connectivity index (χ4v) is 3.18. The fourth-order valence-electron chi connectivity index (χ4n) is 3.18. The van der Waals surface area contributed by atoms with Gasteiger partial charge in [0.2, 0.25) is 5.91 Å². The summed E-state index contributed by atoms with van der Waals surface area (Å²) in [5.41, 5.74) is 1.10. The molecule has 5 nitrogen and oxygen atoms in total. The molecule has 0 unspecified atom stereocenters. The first-order chi connectivity index (χ1) is 11.8. The van der Waals surface area contributed by atoms with E-state index in [1.165, 1.54) is 0 Å². The van der Waals surface area contributed by atoms with Gasteiger partial charge < -0.3 is 9.32 Å². The molecule has 122 valence electrons. The molecule has 0 N–H and O–H groups in total. The van der Waals surface area contributed by atoms with Crippen molar-refractivity contribution in [1.82, 2.24) is 14.7 Å². The maximum Gasteiger partial charge on any atom is 0.223 e. The van der Waals surface area contributed by atoms with Gasteiger partial charge in [0.15, 0.2) is 0 Å². The summed E-state index contributed by atoms with van der Waals surface area (Å²) >= 11 is 0. The zero-order valence-electron chi connectivity index (χ0n) is 13.3. The fraction of sp³-hybridized carbons (Fsp3) is 0.263. The Bertz CT molecular complexity index is 775. The van der Waals surface area contributed by atoms with Gasteiger partial charge in [0, 0.05) is 31.9 Å². The van der Waals surface area contributed by atoms with Crippen LogP contribution in [0.1, 0.15) is 29.7 Å². The number of hydrogen-bond donors (Lipinski definition) is 0. The van der Waals surface area contributed by atoms with Crippen molar-refractivity contribution >= 4 is 5.91 Å². The highest BCUT2D eigenvalue weighted by atomic mass is 16.3. The molecule has 1 aliphatic rings. The van der Waals surface area contributed by atoms with E-state index < -0.39 is 0 Å². The molecule has 0 radical (unpaired) electrons. The van der Waals surface area contributed by atoms with Crippen molar-refractivity contribution < 1.29 is 9.21 Å².